The van der Waals surface area contributed by atoms with E-state index in [4.69, 9.17) is 0 Å². The zero-order valence-electron chi connectivity index (χ0n) is 9.55. The minimum absolute atomic E-state index is 0.104. The van der Waals surface area contributed by atoms with Crippen molar-refractivity contribution in [3.05, 3.63) is 65.0 Å². The molecule has 0 saturated carbocycles. The lowest BCUT2D eigenvalue weighted by Gasteiger charge is -2.04. The van der Waals surface area contributed by atoms with Gasteiger partial charge in [-0.05, 0) is 46.8 Å². The third-order valence-electron chi connectivity index (χ3n) is 2.90. The zero-order valence-corrected chi connectivity index (χ0v) is 9.55. The molecule has 3 aromatic rings. The molecule has 3 rings (SSSR count). The van der Waals surface area contributed by atoms with Gasteiger partial charge in [-0.3, -0.25) is 4.79 Å². The highest BCUT2D eigenvalue weighted by Gasteiger charge is 2.01. The van der Waals surface area contributed by atoms with Gasteiger partial charge in [0.2, 0.25) is 5.56 Å². The molecule has 2 N–H and O–H groups in total. The molecule has 0 radical (unpaired) electrons. The lowest BCUT2D eigenvalue weighted by molar-refractivity contribution is 0.475. The first kappa shape index (κ1) is 10.6. The molecule has 0 aliphatic carbocycles. The van der Waals surface area contributed by atoms with E-state index in [-0.39, 0.29) is 11.3 Å². The number of fused-ring (bicyclic) bond motifs is 1. The summed E-state index contributed by atoms with van der Waals surface area (Å²) in [4.78, 5) is 14.0. The summed E-state index contributed by atoms with van der Waals surface area (Å²) in [6.45, 7) is 0. The lowest BCUT2D eigenvalue weighted by Crippen LogP contribution is -2.01. The van der Waals surface area contributed by atoms with Crippen molar-refractivity contribution >= 4 is 10.9 Å². The van der Waals surface area contributed by atoms with Crippen molar-refractivity contribution < 1.29 is 5.11 Å². The number of H-pyrrole nitrogens is 1. The largest absolute Gasteiger partial charge is 0.508 e. The van der Waals surface area contributed by atoms with Crippen molar-refractivity contribution in [3.63, 3.8) is 0 Å². The summed E-state index contributed by atoms with van der Waals surface area (Å²) in [6, 6.07) is 16.2. The Bertz CT molecular complexity index is 775. The molecule has 3 heteroatoms. The highest BCUT2D eigenvalue weighted by molar-refractivity contribution is 5.84. The van der Waals surface area contributed by atoms with Crippen molar-refractivity contribution in [1.29, 1.82) is 0 Å². The molecule has 0 bridgehead atoms. The summed E-state index contributed by atoms with van der Waals surface area (Å²) >= 11 is 0. The van der Waals surface area contributed by atoms with Crippen LogP contribution < -0.4 is 5.56 Å². The van der Waals surface area contributed by atoms with Crippen LogP contribution in [-0.2, 0) is 0 Å². The maximum absolute atomic E-state index is 11.2. The number of phenols is 1. The van der Waals surface area contributed by atoms with Gasteiger partial charge in [0.1, 0.15) is 5.75 Å². The predicted octanol–water partition coefficient (Wildman–Crippen LogP) is 2.90. The van der Waals surface area contributed by atoms with E-state index in [2.05, 4.69) is 4.98 Å². The molecule has 0 atom stereocenters. The number of rotatable bonds is 1. The maximum Gasteiger partial charge on any atom is 0.248 e. The minimum Gasteiger partial charge on any atom is -0.508 e. The molecule has 0 saturated heterocycles. The molecule has 1 aromatic heterocycles. The molecule has 0 spiro atoms. The fourth-order valence-corrected chi connectivity index (χ4v) is 2.02. The Morgan fingerprint density at radius 1 is 0.889 bits per heavy atom. The average Bonchev–Trinajstić information content (AvgIpc) is 2.38. The topological polar surface area (TPSA) is 53.1 Å². The van der Waals surface area contributed by atoms with E-state index in [0.29, 0.717) is 0 Å². The fourth-order valence-electron chi connectivity index (χ4n) is 2.02. The molecule has 0 unspecified atom stereocenters. The van der Waals surface area contributed by atoms with Crippen molar-refractivity contribution in [2.24, 2.45) is 0 Å². The van der Waals surface area contributed by atoms with Crippen molar-refractivity contribution in [3.8, 4) is 16.9 Å². The van der Waals surface area contributed by atoms with Gasteiger partial charge in [0.05, 0.1) is 0 Å². The molecular formula is C15H11NO2. The standard InChI is InChI=1S/C15H11NO2/c17-13-3-1-2-10(9-13)11-4-6-14-12(8-11)5-7-15(18)16-14/h1-9,17H,(H,16,18). The number of benzene rings is 2. The Hall–Kier alpha value is -2.55. The van der Waals surface area contributed by atoms with Crippen molar-refractivity contribution in [2.45, 2.75) is 0 Å². The van der Waals surface area contributed by atoms with Gasteiger partial charge < -0.3 is 10.1 Å². The lowest BCUT2D eigenvalue weighted by atomic mass is 10.0. The quantitative estimate of drug-likeness (QED) is 0.683. The zero-order chi connectivity index (χ0) is 12.5. The highest BCUT2D eigenvalue weighted by atomic mass is 16.3. The van der Waals surface area contributed by atoms with Crippen LogP contribution in [-0.4, -0.2) is 10.1 Å². The average molecular weight is 237 g/mol. The normalized spacial score (nSPS) is 10.7. The van der Waals surface area contributed by atoms with Gasteiger partial charge in [-0.25, -0.2) is 0 Å². The number of aromatic amines is 1. The minimum atomic E-state index is -0.104. The molecule has 88 valence electrons. The first-order valence-electron chi connectivity index (χ1n) is 5.65. The van der Waals surface area contributed by atoms with E-state index in [9.17, 15) is 9.90 Å². The van der Waals surface area contributed by atoms with Crippen LogP contribution >= 0.6 is 0 Å². The molecule has 3 nitrogen and oxygen atoms in total. The van der Waals surface area contributed by atoms with Gasteiger partial charge in [-0.2, -0.15) is 0 Å². The molecule has 2 aromatic carbocycles. The number of aromatic hydroxyl groups is 1. The summed E-state index contributed by atoms with van der Waals surface area (Å²) in [5.41, 5.74) is 2.66. The Kier molecular flexibility index (Phi) is 2.38. The molecule has 18 heavy (non-hydrogen) atoms. The summed E-state index contributed by atoms with van der Waals surface area (Å²) < 4.78 is 0. The predicted molar refractivity (Wildman–Crippen MR) is 71.7 cm³/mol. The summed E-state index contributed by atoms with van der Waals surface area (Å²) in [6.07, 6.45) is 0. The van der Waals surface area contributed by atoms with Gasteiger partial charge in [0.25, 0.3) is 0 Å². The van der Waals surface area contributed by atoms with E-state index < -0.39 is 0 Å². The van der Waals surface area contributed by atoms with E-state index in [0.717, 1.165) is 22.0 Å². The first-order chi connectivity index (χ1) is 8.72. The summed E-state index contributed by atoms with van der Waals surface area (Å²) in [7, 11) is 0. The second kappa shape index (κ2) is 4.04. The SMILES string of the molecule is O=c1ccc2cc(-c3cccc(O)c3)ccc2[nH]1. The molecule has 1 heterocycles. The second-order valence-corrected chi connectivity index (χ2v) is 4.17. The van der Waals surface area contributed by atoms with Gasteiger partial charge in [-0.1, -0.05) is 18.2 Å². The van der Waals surface area contributed by atoms with Gasteiger partial charge in [0.15, 0.2) is 0 Å². The van der Waals surface area contributed by atoms with Crippen molar-refractivity contribution in [1.82, 2.24) is 4.98 Å². The van der Waals surface area contributed by atoms with Crippen LogP contribution in [0.2, 0.25) is 0 Å². The van der Waals surface area contributed by atoms with Crippen LogP contribution in [0.4, 0.5) is 0 Å². The third kappa shape index (κ3) is 1.86. The van der Waals surface area contributed by atoms with Crippen LogP contribution in [0.25, 0.3) is 22.0 Å². The molecule has 0 aliphatic heterocycles. The molecule has 0 fully saturated rings. The maximum atomic E-state index is 11.2. The number of aromatic nitrogens is 1. The summed E-state index contributed by atoms with van der Waals surface area (Å²) in [5, 5.41) is 10.4. The molecular weight excluding hydrogens is 226 g/mol. The number of hydrogen-bond donors (Lipinski definition) is 2. The first-order valence-corrected chi connectivity index (χ1v) is 5.65. The Balaban J connectivity index is 2.19. The van der Waals surface area contributed by atoms with Gasteiger partial charge in [0, 0.05) is 11.6 Å². The Labute approximate surface area is 103 Å². The molecule has 0 aliphatic rings. The number of hydrogen-bond acceptors (Lipinski definition) is 2. The fraction of sp³-hybridized carbons (Fsp3) is 0. The van der Waals surface area contributed by atoms with Gasteiger partial charge in [-0.15, -0.1) is 0 Å². The van der Waals surface area contributed by atoms with E-state index in [1.54, 1.807) is 18.2 Å². The van der Waals surface area contributed by atoms with Crippen LogP contribution in [0.15, 0.2) is 59.4 Å². The number of phenolic OH excluding ortho intramolecular Hbond substituents is 1. The Morgan fingerprint density at radius 2 is 1.72 bits per heavy atom. The monoisotopic (exact) mass is 237 g/mol. The smallest absolute Gasteiger partial charge is 0.248 e. The van der Waals surface area contributed by atoms with Gasteiger partial charge >= 0.3 is 0 Å². The highest BCUT2D eigenvalue weighted by Crippen LogP contribution is 2.25. The third-order valence-corrected chi connectivity index (χ3v) is 2.90. The summed E-state index contributed by atoms with van der Waals surface area (Å²) in [5.74, 6) is 0.245. The van der Waals surface area contributed by atoms with Crippen LogP contribution in [0.3, 0.4) is 0 Å². The van der Waals surface area contributed by atoms with E-state index in [1.807, 2.05) is 30.3 Å². The van der Waals surface area contributed by atoms with Crippen LogP contribution in [0.5, 0.6) is 5.75 Å². The van der Waals surface area contributed by atoms with Crippen LogP contribution in [0.1, 0.15) is 0 Å². The molecule has 0 amide bonds. The number of pyridine rings is 1. The van der Waals surface area contributed by atoms with E-state index in [1.165, 1.54) is 6.07 Å². The van der Waals surface area contributed by atoms with E-state index >= 15 is 0 Å². The second-order valence-electron chi connectivity index (χ2n) is 4.17. The van der Waals surface area contributed by atoms with Crippen LogP contribution in [0, 0.1) is 0 Å². The van der Waals surface area contributed by atoms with Crippen molar-refractivity contribution in [2.75, 3.05) is 0 Å². The Morgan fingerprint density at radius 3 is 2.56 bits per heavy atom. The number of nitrogens with one attached hydrogen (secondary N) is 1.